The van der Waals surface area contributed by atoms with E-state index in [4.69, 9.17) is 11.6 Å². The number of hydrogen-bond acceptors (Lipinski definition) is 2. The van der Waals surface area contributed by atoms with Crippen LogP contribution in [0.25, 0.3) is 0 Å². The maximum absolute atomic E-state index is 11.9. The first-order valence-electron chi connectivity index (χ1n) is 6.52. The number of Topliss-reactive ketones (excluding diaryl/α,β-unsaturated/α-hetero) is 1. The average molecular weight is 269 g/mol. The molecule has 0 unspecified atom stereocenters. The van der Waals surface area contributed by atoms with Crippen molar-refractivity contribution in [2.75, 3.05) is 0 Å². The van der Waals surface area contributed by atoms with E-state index in [2.05, 4.69) is 6.92 Å². The number of rotatable bonds is 7. The summed E-state index contributed by atoms with van der Waals surface area (Å²) in [7, 11) is 0. The van der Waals surface area contributed by atoms with Gasteiger partial charge in [-0.05, 0) is 24.1 Å². The molecule has 0 heterocycles. The molecule has 0 aliphatic heterocycles. The number of hydrogen-bond donors (Lipinski definition) is 1. The van der Waals surface area contributed by atoms with Crippen LogP contribution in [0.4, 0.5) is 0 Å². The summed E-state index contributed by atoms with van der Waals surface area (Å²) in [5, 5.41) is 10.8. The molecule has 3 heteroatoms. The van der Waals surface area contributed by atoms with Crippen LogP contribution in [0, 0.1) is 5.92 Å². The maximum atomic E-state index is 11.9. The number of aliphatic hydroxyl groups excluding tert-OH is 1. The van der Waals surface area contributed by atoms with E-state index in [-0.39, 0.29) is 11.7 Å². The number of aliphatic hydroxyl groups is 1. The molecule has 2 atom stereocenters. The van der Waals surface area contributed by atoms with Crippen LogP contribution in [-0.4, -0.2) is 10.9 Å². The van der Waals surface area contributed by atoms with Crippen LogP contribution < -0.4 is 0 Å². The Kier molecular flexibility index (Phi) is 6.37. The molecule has 100 valence electrons. The van der Waals surface area contributed by atoms with Crippen LogP contribution in [0.2, 0.25) is 5.02 Å². The van der Waals surface area contributed by atoms with Crippen molar-refractivity contribution in [1.29, 1.82) is 0 Å². The van der Waals surface area contributed by atoms with Crippen LogP contribution >= 0.6 is 11.6 Å². The van der Waals surface area contributed by atoms with Gasteiger partial charge in [0.15, 0.2) is 0 Å². The van der Waals surface area contributed by atoms with Crippen molar-refractivity contribution in [2.24, 2.45) is 5.92 Å². The first-order chi connectivity index (χ1) is 8.56. The van der Waals surface area contributed by atoms with Gasteiger partial charge in [-0.3, -0.25) is 4.79 Å². The van der Waals surface area contributed by atoms with Gasteiger partial charge >= 0.3 is 0 Å². The van der Waals surface area contributed by atoms with Crippen LogP contribution in [0.15, 0.2) is 24.3 Å². The van der Waals surface area contributed by atoms with E-state index in [1.807, 2.05) is 0 Å². The predicted molar refractivity (Wildman–Crippen MR) is 74.7 cm³/mol. The molecule has 0 amide bonds. The van der Waals surface area contributed by atoms with Gasteiger partial charge in [-0.25, -0.2) is 0 Å². The molecule has 1 aromatic carbocycles. The average Bonchev–Trinajstić information content (AvgIpc) is 2.38. The summed E-state index contributed by atoms with van der Waals surface area (Å²) < 4.78 is 0. The van der Waals surface area contributed by atoms with Crippen molar-refractivity contribution in [2.45, 2.75) is 45.6 Å². The molecule has 1 aromatic rings. The Hall–Kier alpha value is -0.860. The van der Waals surface area contributed by atoms with Crippen molar-refractivity contribution in [3.05, 3.63) is 34.9 Å². The molecule has 2 nitrogen and oxygen atoms in total. The fraction of sp³-hybridized carbons (Fsp3) is 0.533. The zero-order valence-corrected chi connectivity index (χ0v) is 11.8. The second kappa shape index (κ2) is 7.55. The predicted octanol–water partition coefficient (Wildman–Crippen LogP) is 4.16. The van der Waals surface area contributed by atoms with Crippen molar-refractivity contribution in [3.8, 4) is 0 Å². The molecule has 0 saturated heterocycles. The van der Waals surface area contributed by atoms with Crippen LogP contribution in [0.5, 0.6) is 0 Å². The topological polar surface area (TPSA) is 37.3 Å². The fourth-order valence-electron chi connectivity index (χ4n) is 1.90. The van der Waals surface area contributed by atoms with Gasteiger partial charge in [-0.1, -0.05) is 50.4 Å². The molecule has 0 fully saturated rings. The van der Waals surface area contributed by atoms with Gasteiger partial charge in [-0.15, -0.1) is 0 Å². The number of carbonyl (C=O) groups is 1. The van der Waals surface area contributed by atoms with E-state index in [1.165, 1.54) is 0 Å². The lowest BCUT2D eigenvalue weighted by molar-refractivity contribution is -0.125. The second-order valence-electron chi connectivity index (χ2n) is 4.71. The molecule has 0 spiro atoms. The number of benzene rings is 1. The van der Waals surface area contributed by atoms with E-state index in [9.17, 15) is 9.90 Å². The number of unbranched alkanes of at least 4 members (excludes halogenated alkanes) is 2. The fourth-order valence-corrected chi connectivity index (χ4v) is 2.03. The molecule has 0 aromatic heterocycles. The Balaban J connectivity index is 2.57. The summed E-state index contributed by atoms with van der Waals surface area (Å²) in [5.74, 6) is -0.228. The molecule has 1 N–H and O–H groups in total. The molecule has 0 saturated carbocycles. The molecular formula is C15H21ClO2. The summed E-state index contributed by atoms with van der Waals surface area (Å²) in [6.45, 7) is 3.89. The highest BCUT2D eigenvalue weighted by atomic mass is 35.5. The zero-order chi connectivity index (χ0) is 13.5. The van der Waals surface area contributed by atoms with Gasteiger partial charge in [0.1, 0.15) is 5.78 Å². The molecule has 0 bridgehead atoms. The lowest BCUT2D eigenvalue weighted by Crippen LogP contribution is -2.19. The largest absolute Gasteiger partial charge is 0.388 e. The van der Waals surface area contributed by atoms with Gasteiger partial charge in [-0.2, -0.15) is 0 Å². The van der Waals surface area contributed by atoms with Gasteiger partial charge in [0.25, 0.3) is 0 Å². The monoisotopic (exact) mass is 268 g/mol. The number of halogens is 1. The minimum absolute atomic E-state index is 0.130. The quantitative estimate of drug-likeness (QED) is 0.754. The van der Waals surface area contributed by atoms with E-state index < -0.39 is 6.10 Å². The van der Waals surface area contributed by atoms with E-state index >= 15 is 0 Å². The van der Waals surface area contributed by atoms with Crippen molar-refractivity contribution in [3.63, 3.8) is 0 Å². The second-order valence-corrected chi connectivity index (χ2v) is 5.14. The van der Waals surface area contributed by atoms with Crippen LogP contribution in [0.1, 0.15) is 51.2 Å². The lowest BCUT2D eigenvalue weighted by Gasteiger charge is -2.18. The summed E-state index contributed by atoms with van der Waals surface area (Å²) in [4.78, 5) is 11.9. The minimum Gasteiger partial charge on any atom is -0.388 e. The van der Waals surface area contributed by atoms with Crippen molar-refractivity contribution in [1.82, 2.24) is 0 Å². The Bertz CT molecular complexity index is 373. The van der Waals surface area contributed by atoms with E-state index in [0.29, 0.717) is 11.4 Å². The standard InChI is InChI=1S/C15H21ClO2/c1-3-4-5-6-14(17)11(2)15(18)12-7-9-13(16)10-8-12/h7-11,15,18H,3-6H2,1-2H3/t11-,15+/m0/s1. The van der Waals surface area contributed by atoms with Gasteiger partial charge < -0.3 is 5.11 Å². The van der Waals surface area contributed by atoms with Crippen LogP contribution in [-0.2, 0) is 4.79 Å². The van der Waals surface area contributed by atoms with Crippen LogP contribution in [0.3, 0.4) is 0 Å². The number of ketones is 1. The Morgan fingerprint density at radius 2 is 1.89 bits per heavy atom. The smallest absolute Gasteiger partial charge is 0.138 e. The first kappa shape index (κ1) is 15.2. The van der Waals surface area contributed by atoms with E-state index in [1.54, 1.807) is 31.2 Å². The third-order valence-electron chi connectivity index (χ3n) is 3.22. The Morgan fingerprint density at radius 3 is 2.44 bits per heavy atom. The molecule has 1 rings (SSSR count). The normalized spacial score (nSPS) is 14.2. The van der Waals surface area contributed by atoms with Crippen molar-refractivity contribution >= 4 is 17.4 Å². The lowest BCUT2D eigenvalue weighted by atomic mass is 9.91. The Morgan fingerprint density at radius 1 is 1.28 bits per heavy atom. The zero-order valence-electron chi connectivity index (χ0n) is 11.0. The third kappa shape index (κ3) is 4.43. The van der Waals surface area contributed by atoms with Crippen molar-refractivity contribution < 1.29 is 9.90 Å². The minimum atomic E-state index is -0.739. The maximum Gasteiger partial charge on any atom is 0.138 e. The Labute approximate surface area is 114 Å². The highest BCUT2D eigenvalue weighted by Crippen LogP contribution is 2.25. The first-order valence-corrected chi connectivity index (χ1v) is 6.90. The molecular weight excluding hydrogens is 248 g/mol. The highest BCUT2D eigenvalue weighted by molar-refractivity contribution is 6.30. The summed E-state index contributed by atoms with van der Waals surface area (Å²) in [5.41, 5.74) is 0.746. The van der Waals surface area contributed by atoms with E-state index in [0.717, 1.165) is 24.8 Å². The molecule has 0 radical (unpaired) electrons. The number of carbonyl (C=O) groups excluding carboxylic acids is 1. The summed E-state index contributed by atoms with van der Waals surface area (Å²) >= 11 is 5.79. The highest BCUT2D eigenvalue weighted by Gasteiger charge is 2.22. The third-order valence-corrected chi connectivity index (χ3v) is 3.47. The summed E-state index contributed by atoms with van der Waals surface area (Å²) in [6.07, 6.45) is 2.89. The molecule has 18 heavy (non-hydrogen) atoms. The van der Waals surface area contributed by atoms with Gasteiger partial charge in [0, 0.05) is 17.4 Å². The molecule has 0 aliphatic carbocycles. The summed E-state index contributed by atoms with van der Waals surface area (Å²) in [6, 6.07) is 6.99. The van der Waals surface area contributed by atoms with Gasteiger partial charge in [0.2, 0.25) is 0 Å². The van der Waals surface area contributed by atoms with Gasteiger partial charge in [0.05, 0.1) is 6.10 Å². The SMILES string of the molecule is CCCCCC(=O)[C@H](C)[C@@H](O)c1ccc(Cl)cc1. The molecule has 0 aliphatic rings.